The molecule has 2 aliphatic heterocycles. The number of rotatable bonds is 8. The summed E-state index contributed by atoms with van der Waals surface area (Å²) in [6, 6.07) is 6.38. The fourth-order valence-electron chi connectivity index (χ4n) is 5.45. The van der Waals surface area contributed by atoms with Gasteiger partial charge in [0, 0.05) is 24.2 Å². The Hall–Kier alpha value is -2.64. The molecule has 1 saturated heterocycles. The van der Waals surface area contributed by atoms with Gasteiger partial charge in [-0.3, -0.25) is 4.90 Å². The Bertz CT molecular complexity index is 1010. The smallest absolute Gasteiger partial charge is 0.414 e. The van der Waals surface area contributed by atoms with E-state index in [4.69, 9.17) is 14.6 Å². The lowest BCUT2D eigenvalue weighted by molar-refractivity contribution is -0.0225. The van der Waals surface area contributed by atoms with Crippen molar-refractivity contribution in [2.45, 2.75) is 78.7 Å². The molecule has 0 aromatic heterocycles. The molecule has 1 aromatic rings. The molecule has 38 heavy (non-hydrogen) atoms. The van der Waals surface area contributed by atoms with Crippen LogP contribution in [0.4, 0.5) is 10.5 Å². The standard InChI is InChI=1S/C29H40N2O5.C2H6/c1-4-28(20-31(26(34)35-21-28)24-9-7-23(8-10-24)25(32)33)15-16-30-18-22-6-5-17-36-27(2,3)19-29(12-11-22)13-14-29;1-2/h5-11,30H,4,12-21H2,1-3H3,(H,32,33);1-2H3/b6-5-,22-11+;. The molecule has 1 spiro atoms. The summed E-state index contributed by atoms with van der Waals surface area (Å²) in [6.45, 7) is 13.7. The molecule has 2 fully saturated rings. The number of cyclic esters (lactones) is 1. The van der Waals surface area contributed by atoms with Crippen LogP contribution in [0.15, 0.2) is 48.1 Å². The number of carbonyl (C=O) groups is 2. The Morgan fingerprint density at radius 1 is 1.16 bits per heavy atom. The van der Waals surface area contributed by atoms with Gasteiger partial charge in [0.15, 0.2) is 0 Å². The summed E-state index contributed by atoms with van der Waals surface area (Å²) in [5.41, 5.74) is 2.32. The van der Waals surface area contributed by atoms with E-state index in [1.54, 1.807) is 17.0 Å². The first-order valence-electron chi connectivity index (χ1n) is 14.1. The van der Waals surface area contributed by atoms with E-state index in [0.29, 0.717) is 30.9 Å². The maximum Gasteiger partial charge on any atom is 0.414 e. The highest BCUT2D eigenvalue weighted by Crippen LogP contribution is 2.55. The number of nitrogens with one attached hydrogen (secondary N) is 1. The minimum Gasteiger partial charge on any atom is -0.478 e. The Kier molecular flexibility index (Phi) is 10.2. The van der Waals surface area contributed by atoms with Gasteiger partial charge in [-0.15, -0.1) is 0 Å². The van der Waals surface area contributed by atoms with Crippen molar-refractivity contribution >= 4 is 17.7 Å². The summed E-state index contributed by atoms with van der Waals surface area (Å²) >= 11 is 0. The number of carbonyl (C=O) groups excluding carboxylic acids is 1. The Labute approximate surface area is 228 Å². The van der Waals surface area contributed by atoms with E-state index < -0.39 is 5.97 Å². The highest BCUT2D eigenvalue weighted by molar-refractivity contribution is 5.91. The first-order chi connectivity index (χ1) is 18.1. The summed E-state index contributed by atoms with van der Waals surface area (Å²) in [5, 5.41) is 12.8. The maximum atomic E-state index is 12.5. The molecule has 1 amide bonds. The average molecular weight is 527 g/mol. The highest BCUT2D eigenvalue weighted by Gasteiger charge is 2.45. The third-order valence-corrected chi connectivity index (χ3v) is 8.01. The lowest BCUT2D eigenvalue weighted by Crippen LogP contribution is -2.51. The number of carboxylic acids is 1. The van der Waals surface area contributed by atoms with Crippen molar-refractivity contribution in [2.75, 3.05) is 37.7 Å². The van der Waals surface area contributed by atoms with Gasteiger partial charge in [-0.05, 0) is 94.2 Å². The zero-order valence-corrected chi connectivity index (χ0v) is 23.8. The highest BCUT2D eigenvalue weighted by atomic mass is 16.6. The van der Waals surface area contributed by atoms with Gasteiger partial charge < -0.3 is 19.9 Å². The van der Waals surface area contributed by atoms with Gasteiger partial charge in [-0.2, -0.15) is 0 Å². The topological polar surface area (TPSA) is 88.1 Å². The van der Waals surface area contributed by atoms with Crippen molar-refractivity contribution in [1.82, 2.24) is 5.32 Å². The second-order valence-corrected chi connectivity index (χ2v) is 11.4. The van der Waals surface area contributed by atoms with Crippen molar-refractivity contribution in [3.05, 3.63) is 53.6 Å². The van der Waals surface area contributed by atoms with Crippen molar-refractivity contribution < 1.29 is 24.2 Å². The second kappa shape index (κ2) is 12.9. The molecule has 1 atom stereocenters. The Morgan fingerprint density at radius 2 is 1.87 bits per heavy atom. The van der Waals surface area contributed by atoms with Crippen molar-refractivity contribution in [2.24, 2.45) is 10.8 Å². The van der Waals surface area contributed by atoms with Crippen LogP contribution in [-0.2, 0) is 9.47 Å². The monoisotopic (exact) mass is 526 g/mol. The maximum absolute atomic E-state index is 12.5. The molecule has 0 bridgehead atoms. The largest absolute Gasteiger partial charge is 0.478 e. The van der Waals surface area contributed by atoms with E-state index in [9.17, 15) is 9.59 Å². The summed E-state index contributed by atoms with van der Waals surface area (Å²) in [7, 11) is 0. The van der Waals surface area contributed by atoms with Crippen molar-refractivity contribution in [1.29, 1.82) is 0 Å². The minimum atomic E-state index is -0.985. The van der Waals surface area contributed by atoms with Crippen LogP contribution in [0.25, 0.3) is 0 Å². The van der Waals surface area contributed by atoms with Crippen molar-refractivity contribution in [3.8, 4) is 0 Å². The van der Waals surface area contributed by atoms with E-state index in [0.717, 1.165) is 38.8 Å². The predicted octanol–water partition coefficient (Wildman–Crippen LogP) is 6.60. The molecule has 4 rings (SSSR count). The molecule has 7 heteroatoms. The van der Waals surface area contributed by atoms with Gasteiger partial charge in [-0.1, -0.05) is 39.0 Å². The van der Waals surface area contributed by atoms with Crippen LogP contribution in [0.3, 0.4) is 0 Å². The van der Waals surface area contributed by atoms with Gasteiger partial charge in [0.05, 0.1) is 17.8 Å². The third kappa shape index (κ3) is 7.93. The quantitative estimate of drug-likeness (QED) is 0.371. The van der Waals surface area contributed by atoms with Crippen LogP contribution in [0, 0.1) is 10.8 Å². The molecular weight excluding hydrogens is 480 g/mol. The molecule has 7 nitrogen and oxygen atoms in total. The molecule has 210 valence electrons. The Balaban J connectivity index is 0.00000195. The molecule has 1 unspecified atom stereocenters. The van der Waals surface area contributed by atoms with Gasteiger partial charge in [0.25, 0.3) is 0 Å². The van der Waals surface area contributed by atoms with Gasteiger partial charge in [0.2, 0.25) is 0 Å². The van der Waals surface area contributed by atoms with E-state index in [1.165, 1.54) is 30.5 Å². The van der Waals surface area contributed by atoms with Crippen LogP contribution < -0.4 is 10.2 Å². The Morgan fingerprint density at radius 3 is 2.50 bits per heavy atom. The number of carboxylic acid groups (broad SMARTS) is 1. The van der Waals surface area contributed by atoms with E-state index in [2.05, 4.69) is 44.3 Å². The zero-order chi connectivity index (χ0) is 27.8. The number of benzene rings is 1. The molecular formula is C31H46N2O5. The predicted molar refractivity (Wildman–Crippen MR) is 152 cm³/mol. The molecule has 1 saturated carbocycles. The molecule has 3 aliphatic rings. The molecule has 1 aliphatic carbocycles. The lowest BCUT2D eigenvalue weighted by Gasteiger charge is -2.41. The second-order valence-electron chi connectivity index (χ2n) is 11.4. The number of hydrogen-bond acceptors (Lipinski definition) is 5. The fourth-order valence-corrected chi connectivity index (χ4v) is 5.45. The third-order valence-electron chi connectivity index (χ3n) is 8.01. The SMILES string of the molecule is CC.CCC1(CCNCC2=C/CC3(CC3)CC(C)(C)OC/C=C\2)COC(=O)N(c2ccc(C(=O)O)cc2)C1. The van der Waals surface area contributed by atoms with Crippen LogP contribution in [-0.4, -0.2) is 55.6 Å². The number of allylic oxidation sites excluding steroid dienone is 1. The van der Waals surface area contributed by atoms with Crippen LogP contribution in [0.1, 0.15) is 83.5 Å². The molecule has 0 radical (unpaired) electrons. The number of aromatic carboxylic acids is 1. The molecule has 2 N–H and O–H groups in total. The van der Waals surface area contributed by atoms with Crippen LogP contribution >= 0.6 is 0 Å². The summed E-state index contributed by atoms with van der Waals surface area (Å²) in [4.78, 5) is 25.3. The van der Waals surface area contributed by atoms with Gasteiger partial charge >= 0.3 is 12.1 Å². The van der Waals surface area contributed by atoms with Gasteiger partial charge in [-0.25, -0.2) is 9.59 Å². The summed E-state index contributed by atoms with van der Waals surface area (Å²) in [5.74, 6) is -0.985. The lowest BCUT2D eigenvalue weighted by atomic mass is 9.81. The molecule has 2 heterocycles. The number of anilines is 1. The van der Waals surface area contributed by atoms with E-state index in [-0.39, 0.29) is 22.7 Å². The number of nitrogens with zero attached hydrogens (tertiary/aromatic N) is 1. The first-order valence-corrected chi connectivity index (χ1v) is 14.1. The summed E-state index contributed by atoms with van der Waals surface area (Å²) in [6.07, 6.45) is 12.9. The van der Waals surface area contributed by atoms with Gasteiger partial charge in [0.1, 0.15) is 6.61 Å². The molecule has 1 aromatic carbocycles. The van der Waals surface area contributed by atoms with E-state index >= 15 is 0 Å². The average Bonchev–Trinajstić information content (AvgIpc) is 3.67. The number of hydrogen-bond donors (Lipinski definition) is 2. The minimum absolute atomic E-state index is 0.0749. The first kappa shape index (κ1) is 29.9. The number of amides is 1. The zero-order valence-electron chi connectivity index (χ0n) is 23.8. The number of ether oxygens (including phenoxy) is 2. The van der Waals surface area contributed by atoms with E-state index in [1.807, 2.05) is 13.8 Å². The fraction of sp³-hybridized carbons (Fsp3) is 0.613. The van der Waals surface area contributed by atoms with Crippen LogP contribution in [0.5, 0.6) is 0 Å². The van der Waals surface area contributed by atoms with Crippen LogP contribution in [0.2, 0.25) is 0 Å². The van der Waals surface area contributed by atoms with Crippen molar-refractivity contribution in [3.63, 3.8) is 0 Å². The summed E-state index contributed by atoms with van der Waals surface area (Å²) < 4.78 is 11.7. The normalized spacial score (nSPS) is 26.3.